The molecule has 0 atom stereocenters. The highest BCUT2D eigenvalue weighted by atomic mass is 32.2. The molecule has 170 valence electrons. The van der Waals surface area contributed by atoms with E-state index in [1.165, 1.54) is 0 Å². The van der Waals surface area contributed by atoms with Gasteiger partial charge in [-0.15, -0.1) is 10.2 Å². The Labute approximate surface area is 192 Å². The molecule has 0 saturated carbocycles. The molecule has 0 bridgehead atoms. The lowest BCUT2D eigenvalue weighted by atomic mass is 10.1. The van der Waals surface area contributed by atoms with Crippen LogP contribution in [-0.2, 0) is 16.4 Å². The van der Waals surface area contributed by atoms with E-state index in [9.17, 15) is 13.2 Å². The molecular formula is C22H26N4O4S2. The first-order chi connectivity index (χ1) is 15.2. The molecule has 0 saturated heterocycles. The Morgan fingerprint density at radius 3 is 2.41 bits per heavy atom. The molecule has 0 radical (unpaired) electrons. The number of aryl methyl sites for hydroxylation is 2. The number of anilines is 1. The molecule has 0 aliphatic rings. The molecule has 0 fully saturated rings. The number of nitrogens with one attached hydrogen (secondary N) is 2. The van der Waals surface area contributed by atoms with E-state index in [4.69, 9.17) is 4.74 Å². The Morgan fingerprint density at radius 2 is 1.75 bits per heavy atom. The number of rotatable bonds is 10. The lowest BCUT2D eigenvalue weighted by Crippen LogP contribution is -2.25. The molecule has 0 unspecified atom stereocenters. The minimum atomic E-state index is -3.80. The van der Waals surface area contributed by atoms with Crippen molar-refractivity contribution in [3.63, 3.8) is 0 Å². The number of hydrogen-bond donors (Lipinski definition) is 2. The highest BCUT2D eigenvalue weighted by molar-refractivity contribution is 7.91. The Balaban J connectivity index is 1.48. The Bertz CT molecular complexity index is 1140. The second-order valence-corrected chi connectivity index (χ2v) is 10.4. The predicted octanol–water partition coefficient (Wildman–Crippen LogP) is 3.80. The van der Waals surface area contributed by atoms with E-state index < -0.39 is 10.0 Å². The van der Waals surface area contributed by atoms with Gasteiger partial charge in [-0.25, -0.2) is 13.1 Å². The van der Waals surface area contributed by atoms with Crippen LogP contribution in [0.1, 0.15) is 41.8 Å². The molecule has 3 aromatic rings. The summed E-state index contributed by atoms with van der Waals surface area (Å²) < 4.78 is 32.9. The van der Waals surface area contributed by atoms with E-state index in [0.717, 1.165) is 34.6 Å². The average molecular weight is 475 g/mol. The van der Waals surface area contributed by atoms with Gasteiger partial charge in [-0.1, -0.05) is 41.2 Å². The fraction of sp³-hybridized carbons (Fsp3) is 0.318. The summed E-state index contributed by atoms with van der Waals surface area (Å²) in [7, 11) is -3.80. The van der Waals surface area contributed by atoms with Gasteiger partial charge in [0.25, 0.3) is 15.9 Å². The van der Waals surface area contributed by atoms with E-state index in [1.54, 1.807) is 12.1 Å². The van der Waals surface area contributed by atoms with Crippen LogP contribution >= 0.6 is 11.3 Å². The number of amides is 1. The van der Waals surface area contributed by atoms with Crippen molar-refractivity contribution < 1.29 is 17.9 Å². The lowest BCUT2D eigenvalue weighted by molar-refractivity contribution is 0.102. The van der Waals surface area contributed by atoms with Gasteiger partial charge in [0.2, 0.25) is 9.47 Å². The summed E-state index contributed by atoms with van der Waals surface area (Å²) >= 11 is 0.808. The summed E-state index contributed by atoms with van der Waals surface area (Å²) in [4.78, 5) is 12.3. The molecule has 3 rings (SSSR count). The van der Waals surface area contributed by atoms with Crippen LogP contribution in [0.4, 0.5) is 5.13 Å². The second kappa shape index (κ2) is 10.7. The van der Waals surface area contributed by atoms with Crippen molar-refractivity contribution in [2.75, 3.05) is 11.9 Å². The van der Waals surface area contributed by atoms with Crippen molar-refractivity contribution in [3.8, 4) is 5.75 Å². The minimum Gasteiger partial charge on any atom is -0.491 e. The first kappa shape index (κ1) is 23.8. The molecule has 32 heavy (non-hydrogen) atoms. The third-order valence-electron chi connectivity index (χ3n) is 4.40. The smallest absolute Gasteiger partial charge is 0.269 e. The lowest BCUT2D eigenvalue weighted by Gasteiger charge is -2.10. The third-order valence-corrected chi connectivity index (χ3v) is 7.07. The zero-order valence-electron chi connectivity index (χ0n) is 18.2. The van der Waals surface area contributed by atoms with Crippen molar-refractivity contribution in [3.05, 3.63) is 65.2 Å². The number of carbonyl (C=O) groups is 1. The second-order valence-electron chi connectivity index (χ2n) is 7.51. The van der Waals surface area contributed by atoms with Gasteiger partial charge in [0.1, 0.15) is 5.75 Å². The van der Waals surface area contributed by atoms with E-state index >= 15 is 0 Å². The fourth-order valence-electron chi connectivity index (χ4n) is 2.81. The van der Waals surface area contributed by atoms with Crippen molar-refractivity contribution in [1.29, 1.82) is 0 Å². The van der Waals surface area contributed by atoms with Gasteiger partial charge in [0, 0.05) is 12.1 Å². The first-order valence-corrected chi connectivity index (χ1v) is 12.5. The Hall–Kier alpha value is -2.82. The maximum absolute atomic E-state index is 12.5. The summed E-state index contributed by atoms with van der Waals surface area (Å²) in [6, 6.07) is 14.8. The van der Waals surface area contributed by atoms with Crippen LogP contribution in [0.25, 0.3) is 0 Å². The van der Waals surface area contributed by atoms with Gasteiger partial charge in [0.15, 0.2) is 0 Å². The van der Waals surface area contributed by atoms with Crippen LogP contribution in [0.15, 0.2) is 52.9 Å². The highest BCUT2D eigenvalue weighted by Gasteiger charge is 2.20. The molecule has 0 aliphatic heterocycles. The third kappa shape index (κ3) is 6.84. The summed E-state index contributed by atoms with van der Waals surface area (Å²) in [5, 5.41) is 10.2. The number of nitrogens with zero attached hydrogens (tertiary/aromatic N) is 2. The van der Waals surface area contributed by atoms with Crippen molar-refractivity contribution >= 4 is 32.4 Å². The number of carbonyl (C=O) groups excluding carboxylic acids is 1. The summed E-state index contributed by atoms with van der Waals surface area (Å²) in [6.07, 6.45) is 1.46. The molecule has 1 aromatic heterocycles. The molecule has 1 heterocycles. The summed E-state index contributed by atoms with van der Waals surface area (Å²) in [6.45, 7) is 6.13. The van der Waals surface area contributed by atoms with E-state index in [0.29, 0.717) is 12.0 Å². The Morgan fingerprint density at radius 1 is 1.06 bits per heavy atom. The molecule has 2 N–H and O–H groups in total. The first-order valence-electron chi connectivity index (χ1n) is 10.2. The standard InChI is InChI=1S/C22H26N4O4S2/c1-15(2)30-19-12-8-17(9-13-19)5-4-14-23-32(28,29)22-26-25-21(31-22)24-20(27)18-10-6-16(3)7-11-18/h6-13,15,23H,4-5,14H2,1-3H3,(H,24,25,27). The molecule has 8 nitrogen and oxygen atoms in total. The number of benzene rings is 2. The monoisotopic (exact) mass is 474 g/mol. The van der Waals surface area contributed by atoms with Crippen molar-refractivity contribution in [2.24, 2.45) is 0 Å². The van der Waals surface area contributed by atoms with Gasteiger partial charge in [-0.2, -0.15) is 0 Å². The number of hydrogen-bond acceptors (Lipinski definition) is 7. The zero-order chi connectivity index (χ0) is 23.1. The molecule has 1 amide bonds. The molecule has 10 heteroatoms. The van der Waals surface area contributed by atoms with Gasteiger partial charge in [-0.3, -0.25) is 10.1 Å². The largest absolute Gasteiger partial charge is 0.491 e. The molecule has 2 aromatic carbocycles. The summed E-state index contributed by atoms with van der Waals surface area (Å²) in [5.74, 6) is 0.439. The highest BCUT2D eigenvalue weighted by Crippen LogP contribution is 2.21. The SMILES string of the molecule is Cc1ccc(C(=O)Nc2nnc(S(=O)(=O)NCCCc3ccc(OC(C)C)cc3)s2)cc1. The normalized spacial score (nSPS) is 11.5. The van der Waals surface area contributed by atoms with Crippen LogP contribution in [-0.4, -0.2) is 37.2 Å². The van der Waals surface area contributed by atoms with Gasteiger partial charge < -0.3 is 4.74 Å². The molecular weight excluding hydrogens is 448 g/mol. The molecule has 0 aliphatic carbocycles. The van der Waals surface area contributed by atoms with Crippen molar-refractivity contribution in [2.45, 2.75) is 44.1 Å². The zero-order valence-corrected chi connectivity index (χ0v) is 19.8. The van der Waals surface area contributed by atoms with E-state index in [1.807, 2.05) is 57.2 Å². The number of aromatic nitrogens is 2. The number of ether oxygens (including phenoxy) is 1. The average Bonchev–Trinajstić information content (AvgIpc) is 3.22. The van der Waals surface area contributed by atoms with Crippen LogP contribution in [0.2, 0.25) is 0 Å². The van der Waals surface area contributed by atoms with E-state index in [-0.39, 0.29) is 28.0 Å². The minimum absolute atomic E-state index is 0.118. The van der Waals surface area contributed by atoms with Crippen molar-refractivity contribution in [1.82, 2.24) is 14.9 Å². The topological polar surface area (TPSA) is 110 Å². The number of sulfonamides is 1. The van der Waals surface area contributed by atoms with Gasteiger partial charge >= 0.3 is 0 Å². The van der Waals surface area contributed by atoms with Crippen LogP contribution in [0, 0.1) is 6.92 Å². The Kier molecular flexibility index (Phi) is 7.94. The van der Waals surface area contributed by atoms with Gasteiger partial charge in [-0.05, 0) is 63.4 Å². The maximum atomic E-state index is 12.5. The van der Waals surface area contributed by atoms with Crippen LogP contribution in [0.5, 0.6) is 5.75 Å². The van der Waals surface area contributed by atoms with E-state index in [2.05, 4.69) is 20.2 Å². The summed E-state index contributed by atoms with van der Waals surface area (Å²) in [5.41, 5.74) is 2.59. The van der Waals surface area contributed by atoms with Crippen LogP contribution < -0.4 is 14.8 Å². The predicted molar refractivity (Wildman–Crippen MR) is 125 cm³/mol. The van der Waals surface area contributed by atoms with Crippen LogP contribution in [0.3, 0.4) is 0 Å². The van der Waals surface area contributed by atoms with Gasteiger partial charge in [0.05, 0.1) is 6.10 Å². The molecule has 0 spiro atoms. The maximum Gasteiger partial charge on any atom is 0.269 e. The fourth-order valence-corrected chi connectivity index (χ4v) is 4.82. The quantitative estimate of drug-likeness (QED) is 0.342.